The van der Waals surface area contributed by atoms with Crippen LogP contribution in [0.15, 0.2) is 84.3 Å². The Bertz CT molecular complexity index is 1350. The van der Waals surface area contributed by atoms with Gasteiger partial charge < -0.3 is 9.45 Å². The van der Waals surface area contributed by atoms with Crippen LogP contribution < -0.4 is 0 Å². The van der Waals surface area contributed by atoms with Gasteiger partial charge in [0.2, 0.25) is 5.95 Å². The summed E-state index contributed by atoms with van der Waals surface area (Å²) in [4.78, 5) is 26.5. The van der Waals surface area contributed by atoms with E-state index in [9.17, 15) is 13.7 Å². The molecule has 0 saturated heterocycles. The second kappa shape index (κ2) is 10.8. The van der Waals surface area contributed by atoms with Crippen molar-refractivity contribution in [3.63, 3.8) is 0 Å². The molecule has 0 N–H and O–H groups in total. The molecule has 4 aromatic rings. The van der Waals surface area contributed by atoms with Gasteiger partial charge in [-0.2, -0.15) is 14.4 Å². The first-order valence-corrected chi connectivity index (χ1v) is 12.6. The highest BCUT2D eigenvalue weighted by Crippen LogP contribution is 2.33. The van der Waals surface area contributed by atoms with Crippen molar-refractivity contribution in [2.75, 3.05) is 20.4 Å². The van der Waals surface area contributed by atoms with Gasteiger partial charge in [0, 0.05) is 54.7 Å². The Balaban J connectivity index is 1.80. The Morgan fingerprint density at radius 1 is 1.03 bits per heavy atom. The van der Waals surface area contributed by atoms with E-state index in [2.05, 4.69) is 15.0 Å². The third-order valence-corrected chi connectivity index (χ3v) is 6.41. The summed E-state index contributed by atoms with van der Waals surface area (Å²) in [5.74, 6) is -1.14. The predicted molar refractivity (Wildman–Crippen MR) is 134 cm³/mol. The molecule has 0 bridgehead atoms. The first-order valence-electron chi connectivity index (χ1n) is 11.0. The summed E-state index contributed by atoms with van der Waals surface area (Å²) in [6.45, 7) is 0. The fraction of sp³-hybridized carbons (Fsp3) is 0.185. The third kappa shape index (κ3) is 5.55. The Labute approximate surface area is 207 Å². The molecule has 6 nitrogen and oxygen atoms in total. The second-order valence-electron chi connectivity index (χ2n) is 8.30. The molecule has 0 fully saturated rings. The Hall–Kier alpha value is -3.62. The quantitative estimate of drug-likeness (QED) is 0.217. The lowest BCUT2D eigenvalue weighted by atomic mass is 9.86. The topological polar surface area (TPSA) is 82.0 Å². The van der Waals surface area contributed by atoms with Crippen molar-refractivity contribution in [2.24, 2.45) is 0 Å². The first kappa shape index (κ1) is 24.5. The zero-order valence-electron chi connectivity index (χ0n) is 19.7. The molecule has 2 unspecified atom stereocenters. The molecule has 2 aromatic carbocycles. The van der Waals surface area contributed by atoms with Gasteiger partial charge in [-0.3, -0.25) is 4.79 Å². The lowest BCUT2D eigenvalue weighted by molar-refractivity contribution is 0.0827. The highest BCUT2D eigenvalue weighted by molar-refractivity contribution is 7.90. The minimum absolute atomic E-state index is 0.0827. The van der Waals surface area contributed by atoms with Crippen molar-refractivity contribution in [1.29, 1.82) is 0 Å². The number of hydrogen-bond donors (Lipinski definition) is 0. The molecule has 178 valence electrons. The number of halogens is 1. The van der Waals surface area contributed by atoms with Gasteiger partial charge in [0.25, 0.3) is 5.91 Å². The average Bonchev–Trinajstić information content (AvgIpc) is 2.87. The molecule has 2 heterocycles. The summed E-state index contributed by atoms with van der Waals surface area (Å²) in [5, 5.41) is 0.194. The molecule has 35 heavy (non-hydrogen) atoms. The van der Waals surface area contributed by atoms with Crippen LogP contribution in [-0.2, 0) is 17.6 Å². The molecule has 8 heteroatoms. The van der Waals surface area contributed by atoms with Gasteiger partial charge in [0.05, 0.1) is 5.69 Å². The summed E-state index contributed by atoms with van der Waals surface area (Å²) in [7, 11) is 3.44. The summed E-state index contributed by atoms with van der Waals surface area (Å²) in [5.41, 5.74) is 4.31. The summed E-state index contributed by atoms with van der Waals surface area (Å²) in [6.07, 6.45) is 4.87. The molecule has 2 atom stereocenters. The zero-order chi connectivity index (χ0) is 24.9. The van der Waals surface area contributed by atoms with E-state index in [1.54, 1.807) is 44.6 Å². The van der Waals surface area contributed by atoms with E-state index in [0.717, 1.165) is 16.7 Å². The van der Waals surface area contributed by atoms with Gasteiger partial charge >= 0.3 is 5.16 Å². The lowest BCUT2D eigenvalue weighted by Gasteiger charge is -2.20. The van der Waals surface area contributed by atoms with Crippen molar-refractivity contribution in [1.82, 2.24) is 19.9 Å². The van der Waals surface area contributed by atoms with Crippen molar-refractivity contribution in [2.45, 2.75) is 17.5 Å². The van der Waals surface area contributed by atoms with E-state index in [1.807, 2.05) is 42.5 Å². The average molecular weight is 489 g/mol. The number of rotatable bonds is 7. The van der Waals surface area contributed by atoms with E-state index >= 15 is 0 Å². The van der Waals surface area contributed by atoms with E-state index in [1.165, 1.54) is 17.4 Å². The van der Waals surface area contributed by atoms with E-state index in [4.69, 9.17) is 0 Å². The second-order valence-corrected chi connectivity index (χ2v) is 9.57. The number of benzene rings is 2. The maximum Gasteiger partial charge on any atom is 0.342 e. The highest BCUT2D eigenvalue weighted by Gasteiger charge is 2.24. The van der Waals surface area contributed by atoms with Gasteiger partial charge in [-0.1, -0.05) is 42.5 Å². The number of nitrogens with zero attached hydrogens (tertiary/aromatic N) is 4. The molecule has 0 aliphatic rings. The summed E-state index contributed by atoms with van der Waals surface area (Å²) >= 11 is -1.38. The van der Waals surface area contributed by atoms with Crippen LogP contribution in [0.2, 0.25) is 0 Å². The zero-order valence-corrected chi connectivity index (χ0v) is 20.5. The fourth-order valence-electron chi connectivity index (χ4n) is 4.00. The maximum absolute atomic E-state index is 14.9. The SMILES string of the molecule is CN(C)C(=O)c1cccc(-c2ccccc2CC(c2ccnc([S+](C)[O-])n2)c2cccnc2F)c1. The normalized spacial score (nSPS) is 12.7. The van der Waals surface area contributed by atoms with E-state index in [0.29, 0.717) is 23.2 Å². The highest BCUT2D eigenvalue weighted by atomic mass is 32.2. The predicted octanol–water partition coefficient (Wildman–Crippen LogP) is 4.49. The Morgan fingerprint density at radius 3 is 2.57 bits per heavy atom. The number of hydrogen-bond acceptors (Lipinski definition) is 5. The van der Waals surface area contributed by atoms with Crippen molar-refractivity contribution in [3.05, 3.63) is 107 Å². The largest absolute Gasteiger partial charge is 0.609 e. The first-order chi connectivity index (χ1) is 16.8. The molecule has 0 radical (unpaired) electrons. The summed E-state index contributed by atoms with van der Waals surface area (Å²) in [6, 6.07) is 20.4. The monoisotopic (exact) mass is 488 g/mol. The van der Waals surface area contributed by atoms with Crippen LogP contribution in [0.5, 0.6) is 0 Å². The molecule has 2 aromatic heterocycles. The fourth-order valence-corrected chi connectivity index (χ4v) is 4.44. The van der Waals surface area contributed by atoms with Crippen molar-refractivity contribution >= 4 is 17.1 Å². The smallest absolute Gasteiger partial charge is 0.342 e. The summed E-state index contributed by atoms with van der Waals surface area (Å²) < 4.78 is 26.9. The molecule has 1 amide bonds. The minimum atomic E-state index is -1.38. The van der Waals surface area contributed by atoms with Crippen LogP contribution in [0.4, 0.5) is 4.39 Å². The number of amides is 1. The maximum atomic E-state index is 14.9. The standard InChI is InChI=1S/C27H25FN4O2S/c1-32(2)26(33)20-10-6-9-18(16-20)21-11-5-4-8-19(21)17-23(22-12-7-14-29-25(22)28)24-13-15-30-27(31-24)35(3)34/h4-16,23H,17H2,1-3H3. The van der Waals surface area contributed by atoms with Crippen LogP contribution >= 0.6 is 0 Å². The van der Waals surface area contributed by atoms with Crippen molar-refractivity contribution in [3.8, 4) is 11.1 Å². The number of aromatic nitrogens is 3. The van der Waals surface area contributed by atoms with Crippen LogP contribution in [-0.4, -0.2) is 50.7 Å². The molecular formula is C27H25FN4O2S. The van der Waals surface area contributed by atoms with Crippen molar-refractivity contribution < 1.29 is 13.7 Å². The van der Waals surface area contributed by atoms with E-state index < -0.39 is 23.0 Å². The van der Waals surface area contributed by atoms with E-state index in [-0.39, 0.29) is 11.1 Å². The number of carbonyl (C=O) groups excluding carboxylic acids is 1. The lowest BCUT2D eigenvalue weighted by Crippen LogP contribution is -2.21. The van der Waals surface area contributed by atoms with Gasteiger partial charge in [-0.05, 0) is 47.4 Å². The van der Waals surface area contributed by atoms with Crippen LogP contribution in [0.25, 0.3) is 11.1 Å². The van der Waals surface area contributed by atoms with Gasteiger partial charge in [0.1, 0.15) is 6.26 Å². The van der Waals surface area contributed by atoms with Crippen LogP contribution in [0.1, 0.15) is 33.1 Å². The molecule has 0 spiro atoms. The molecule has 0 aliphatic carbocycles. The van der Waals surface area contributed by atoms with Crippen LogP contribution in [0.3, 0.4) is 0 Å². The van der Waals surface area contributed by atoms with Crippen LogP contribution in [0, 0.1) is 5.95 Å². The molecular weight excluding hydrogens is 463 g/mol. The van der Waals surface area contributed by atoms with Gasteiger partial charge in [-0.25, -0.2) is 4.98 Å². The minimum Gasteiger partial charge on any atom is -0.609 e. The third-order valence-electron chi connectivity index (χ3n) is 5.70. The number of carbonyl (C=O) groups is 1. The van der Waals surface area contributed by atoms with Gasteiger partial charge in [-0.15, -0.1) is 0 Å². The molecule has 4 rings (SSSR count). The molecule has 0 aliphatic heterocycles. The van der Waals surface area contributed by atoms with Gasteiger partial charge in [0.15, 0.2) is 0 Å². The molecule has 0 saturated carbocycles. The Kier molecular flexibility index (Phi) is 7.53. The Morgan fingerprint density at radius 2 is 1.83 bits per heavy atom. The number of pyridine rings is 1.